The minimum Gasteiger partial charge on any atom is -0.358 e. The third kappa shape index (κ3) is 2.81. The van der Waals surface area contributed by atoms with Gasteiger partial charge < -0.3 is 10.2 Å². The lowest BCUT2D eigenvalue weighted by atomic mass is 10.0. The van der Waals surface area contributed by atoms with Gasteiger partial charge in [0.05, 0.1) is 5.52 Å². The summed E-state index contributed by atoms with van der Waals surface area (Å²) in [6.07, 6.45) is 3.97. The molecule has 4 heteroatoms. The Labute approximate surface area is 125 Å². The molecule has 2 heterocycles. The molecule has 2 aromatic rings. The first-order valence-corrected chi connectivity index (χ1v) is 8.37. The summed E-state index contributed by atoms with van der Waals surface area (Å²) in [6.45, 7) is 6.80. The Morgan fingerprint density at radius 1 is 1.35 bits per heavy atom. The van der Waals surface area contributed by atoms with Crippen LogP contribution in [0.4, 0.5) is 5.00 Å². The quantitative estimate of drug-likeness (QED) is 0.931. The molecule has 3 rings (SSSR count). The molecule has 20 heavy (non-hydrogen) atoms. The molecule has 0 saturated carbocycles. The van der Waals surface area contributed by atoms with Crippen LogP contribution in [0.2, 0.25) is 0 Å². The molecule has 108 valence electrons. The van der Waals surface area contributed by atoms with E-state index in [4.69, 9.17) is 0 Å². The summed E-state index contributed by atoms with van der Waals surface area (Å²) in [5, 5.41) is 6.27. The molecule has 1 unspecified atom stereocenters. The van der Waals surface area contributed by atoms with Crippen molar-refractivity contribution in [3.05, 3.63) is 24.3 Å². The fourth-order valence-electron chi connectivity index (χ4n) is 2.93. The van der Waals surface area contributed by atoms with Crippen molar-refractivity contribution >= 4 is 27.4 Å². The molecular weight excluding hydrogens is 266 g/mol. The van der Waals surface area contributed by atoms with Gasteiger partial charge in [0.15, 0.2) is 0 Å². The van der Waals surface area contributed by atoms with Crippen LogP contribution in [-0.4, -0.2) is 29.5 Å². The molecular formula is C16H23N3S. The molecule has 3 nitrogen and oxygen atoms in total. The van der Waals surface area contributed by atoms with E-state index in [9.17, 15) is 0 Å². The maximum atomic E-state index is 4.59. The SMILES string of the molecule is CC(C)N(CC1CCCCN1)c1snc2ccccc12. The van der Waals surface area contributed by atoms with Crippen LogP contribution in [-0.2, 0) is 0 Å². The van der Waals surface area contributed by atoms with Gasteiger partial charge in [-0.05, 0) is 56.9 Å². The smallest absolute Gasteiger partial charge is 0.120 e. The number of rotatable bonds is 4. The maximum Gasteiger partial charge on any atom is 0.120 e. The third-order valence-electron chi connectivity index (χ3n) is 4.08. The van der Waals surface area contributed by atoms with Crippen LogP contribution in [0.15, 0.2) is 24.3 Å². The van der Waals surface area contributed by atoms with Gasteiger partial charge in [-0.15, -0.1) is 0 Å². The van der Waals surface area contributed by atoms with Gasteiger partial charge in [-0.1, -0.05) is 18.6 Å². The van der Waals surface area contributed by atoms with Crippen LogP contribution >= 0.6 is 11.5 Å². The van der Waals surface area contributed by atoms with Crippen LogP contribution in [0.3, 0.4) is 0 Å². The lowest BCUT2D eigenvalue weighted by Gasteiger charge is -2.33. The zero-order chi connectivity index (χ0) is 13.9. The predicted molar refractivity (Wildman–Crippen MR) is 87.7 cm³/mol. The van der Waals surface area contributed by atoms with Crippen LogP contribution < -0.4 is 10.2 Å². The summed E-state index contributed by atoms with van der Waals surface area (Å²) >= 11 is 1.64. The molecule has 1 atom stereocenters. The van der Waals surface area contributed by atoms with Gasteiger partial charge in [0.1, 0.15) is 5.00 Å². The molecule has 1 aliphatic rings. The molecule has 1 aliphatic heterocycles. The van der Waals surface area contributed by atoms with Crippen molar-refractivity contribution in [2.24, 2.45) is 0 Å². The number of nitrogens with one attached hydrogen (secondary N) is 1. The summed E-state index contributed by atoms with van der Waals surface area (Å²) in [6, 6.07) is 9.59. The molecule has 1 aromatic carbocycles. The predicted octanol–water partition coefficient (Wildman–Crippen LogP) is 3.65. The van der Waals surface area contributed by atoms with Crippen molar-refractivity contribution in [2.75, 3.05) is 18.0 Å². The van der Waals surface area contributed by atoms with Gasteiger partial charge in [-0.25, -0.2) is 0 Å². The molecule has 0 amide bonds. The van der Waals surface area contributed by atoms with E-state index in [2.05, 4.69) is 52.7 Å². The van der Waals surface area contributed by atoms with Gasteiger partial charge in [0.25, 0.3) is 0 Å². The summed E-state index contributed by atoms with van der Waals surface area (Å²) in [4.78, 5) is 2.52. The zero-order valence-corrected chi connectivity index (χ0v) is 13.1. The van der Waals surface area contributed by atoms with Gasteiger partial charge in [0.2, 0.25) is 0 Å². The van der Waals surface area contributed by atoms with Crippen LogP contribution in [0, 0.1) is 0 Å². The Balaban J connectivity index is 1.86. The van der Waals surface area contributed by atoms with E-state index in [1.807, 2.05) is 0 Å². The minimum atomic E-state index is 0.502. The van der Waals surface area contributed by atoms with Crippen molar-refractivity contribution in [1.29, 1.82) is 0 Å². The first-order valence-electron chi connectivity index (χ1n) is 7.60. The lowest BCUT2D eigenvalue weighted by Crippen LogP contribution is -2.45. The van der Waals surface area contributed by atoms with Crippen LogP contribution in [0.5, 0.6) is 0 Å². The molecule has 1 fully saturated rings. The molecule has 1 saturated heterocycles. The standard InChI is InChI=1S/C16H23N3S/c1-12(2)19(11-13-7-5-6-10-17-13)16-14-8-3-4-9-15(14)18-20-16/h3-4,8-9,12-13,17H,5-7,10-11H2,1-2H3. The first-order chi connectivity index (χ1) is 9.75. The molecule has 0 bridgehead atoms. The number of hydrogen-bond donors (Lipinski definition) is 1. The Kier molecular flexibility index (Phi) is 4.22. The topological polar surface area (TPSA) is 28.2 Å². The average molecular weight is 289 g/mol. The number of benzene rings is 1. The number of anilines is 1. The van der Waals surface area contributed by atoms with E-state index >= 15 is 0 Å². The summed E-state index contributed by atoms with van der Waals surface area (Å²) in [5.74, 6) is 0. The van der Waals surface area contributed by atoms with Gasteiger partial charge in [-0.3, -0.25) is 0 Å². The van der Waals surface area contributed by atoms with Gasteiger partial charge in [-0.2, -0.15) is 4.37 Å². The number of hydrogen-bond acceptors (Lipinski definition) is 4. The van der Waals surface area contributed by atoms with E-state index < -0.39 is 0 Å². The zero-order valence-electron chi connectivity index (χ0n) is 12.3. The van der Waals surface area contributed by atoms with E-state index in [-0.39, 0.29) is 0 Å². The van der Waals surface area contributed by atoms with Crippen molar-refractivity contribution in [3.63, 3.8) is 0 Å². The Hall–Kier alpha value is -1.13. The molecule has 1 aromatic heterocycles. The third-order valence-corrected chi connectivity index (χ3v) is 4.99. The van der Waals surface area contributed by atoms with Crippen LogP contribution in [0.1, 0.15) is 33.1 Å². The minimum absolute atomic E-state index is 0.502. The van der Waals surface area contributed by atoms with Crippen molar-refractivity contribution in [2.45, 2.75) is 45.2 Å². The number of aromatic nitrogens is 1. The normalized spacial score (nSPS) is 19.6. The summed E-state index contributed by atoms with van der Waals surface area (Å²) < 4.78 is 4.59. The van der Waals surface area contributed by atoms with Crippen molar-refractivity contribution in [1.82, 2.24) is 9.69 Å². The van der Waals surface area contributed by atoms with Gasteiger partial charge >= 0.3 is 0 Å². The van der Waals surface area contributed by atoms with E-state index in [0.717, 1.165) is 12.1 Å². The molecule has 0 spiro atoms. The average Bonchev–Trinajstić information content (AvgIpc) is 2.89. The number of fused-ring (bicyclic) bond motifs is 1. The summed E-state index contributed by atoms with van der Waals surface area (Å²) in [5.41, 5.74) is 1.12. The van der Waals surface area contributed by atoms with E-state index in [0.29, 0.717) is 12.1 Å². The Morgan fingerprint density at radius 3 is 2.95 bits per heavy atom. The van der Waals surface area contributed by atoms with Crippen molar-refractivity contribution < 1.29 is 0 Å². The highest BCUT2D eigenvalue weighted by Crippen LogP contribution is 2.32. The molecule has 1 N–H and O–H groups in total. The van der Waals surface area contributed by atoms with Crippen molar-refractivity contribution in [3.8, 4) is 0 Å². The number of piperidine rings is 1. The number of nitrogens with zero attached hydrogens (tertiary/aromatic N) is 2. The first kappa shape index (κ1) is 13.8. The Bertz CT molecular complexity index is 558. The second-order valence-electron chi connectivity index (χ2n) is 5.90. The molecule has 0 radical (unpaired) electrons. The van der Waals surface area contributed by atoms with Crippen LogP contribution in [0.25, 0.3) is 10.9 Å². The lowest BCUT2D eigenvalue weighted by molar-refractivity contribution is 0.394. The van der Waals surface area contributed by atoms with E-state index in [1.54, 1.807) is 11.5 Å². The largest absolute Gasteiger partial charge is 0.358 e. The fraction of sp³-hybridized carbons (Fsp3) is 0.562. The second-order valence-corrected chi connectivity index (χ2v) is 6.65. The Morgan fingerprint density at radius 2 is 2.20 bits per heavy atom. The highest BCUT2D eigenvalue weighted by molar-refractivity contribution is 7.11. The van der Waals surface area contributed by atoms with E-state index in [1.165, 1.54) is 36.2 Å². The van der Waals surface area contributed by atoms with Gasteiger partial charge in [0, 0.05) is 24.0 Å². The molecule has 0 aliphatic carbocycles. The monoisotopic (exact) mass is 289 g/mol. The summed E-state index contributed by atoms with van der Waals surface area (Å²) in [7, 11) is 0. The second kappa shape index (κ2) is 6.10. The highest BCUT2D eigenvalue weighted by Gasteiger charge is 2.21. The maximum absolute atomic E-state index is 4.59. The highest BCUT2D eigenvalue weighted by atomic mass is 32.1. The fourth-order valence-corrected chi connectivity index (χ4v) is 3.93.